The molecule has 6 heteroatoms. The highest BCUT2D eigenvalue weighted by Gasteiger charge is 2.29. The molecule has 1 aliphatic carbocycles. The Balaban J connectivity index is 1.47. The maximum Gasteiger partial charge on any atom is 0.246 e. The minimum Gasteiger partial charge on any atom is -0.339 e. The van der Waals surface area contributed by atoms with Crippen molar-refractivity contribution in [3.05, 3.63) is 22.7 Å². The van der Waals surface area contributed by atoms with Crippen molar-refractivity contribution in [2.75, 3.05) is 26.2 Å². The molecule has 1 aliphatic heterocycles. The van der Waals surface area contributed by atoms with Gasteiger partial charge in [0.15, 0.2) is 0 Å². The van der Waals surface area contributed by atoms with Crippen molar-refractivity contribution >= 4 is 29.2 Å². The molecular formula is C17H23N3O2S. The van der Waals surface area contributed by atoms with E-state index in [2.05, 4.69) is 4.98 Å². The van der Waals surface area contributed by atoms with Crippen molar-refractivity contribution in [3.63, 3.8) is 0 Å². The summed E-state index contributed by atoms with van der Waals surface area (Å²) in [7, 11) is 0. The first kappa shape index (κ1) is 16.2. The van der Waals surface area contributed by atoms with E-state index in [0.29, 0.717) is 32.1 Å². The quantitative estimate of drug-likeness (QED) is 0.798. The van der Waals surface area contributed by atoms with E-state index < -0.39 is 0 Å². The van der Waals surface area contributed by atoms with Crippen LogP contribution in [0, 0.1) is 5.92 Å². The average Bonchev–Trinajstić information content (AvgIpc) is 3.13. The van der Waals surface area contributed by atoms with Crippen LogP contribution in [0.2, 0.25) is 0 Å². The molecule has 124 valence electrons. The molecule has 0 bridgehead atoms. The maximum atomic E-state index is 12.5. The number of piperazine rings is 1. The van der Waals surface area contributed by atoms with Gasteiger partial charge in [0.1, 0.15) is 5.01 Å². The minimum absolute atomic E-state index is 0.00460. The molecule has 2 amide bonds. The second-order valence-corrected chi connectivity index (χ2v) is 7.12. The molecule has 1 aromatic heterocycles. The highest BCUT2D eigenvalue weighted by Crippen LogP contribution is 2.25. The Bertz CT molecular complexity index is 556. The molecule has 2 heterocycles. The van der Waals surface area contributed by atoms with E-state index in [9.17, 15) is 9.59 Å². The number of carbonyl (C=O) groups excluding carboxylic acids is 2. The Labute approximate surface area is 141 Å². The Morgan fingerprint density at radius 1 is 1.09 bits per heavy atom. The fourth-order valence-electron chi connectivity index (χ4n) is 3.32. The van der Waals surface area contributed by atoms with Gasteiger partial charge < -0.3 is 9.80 Å². The third-order valence-corrected chi connectivity index (χ3v) is 5.42. The Morgan fingerprint density at radius 3 is 2.43 bits per heavy atom. The van der Waals surface area contributed by atoms with Crippen LogP contribution < -0.4 is 0 Å². The van der Waals surface area contributed by atoms with Crippen molar-refractivity contribution in [2.45, 2.75) is 32.1 Å². The van der Waals surface area contributed by atoms with E-state index in [-0.39, 0.29) is 11.8 Å². The predicted octanol–water partition coefficient (Wildman–Crippen LogP) is 2.41. The number of amides is 2. The second kappa shape index (κ2) is 7.73. The summed E-state index contributed by atoms with van der Waals surface area (Å²) in [6.45, 7) is 2.57. The fourth-order valence-corrected chi connectivity index (χ4v) is 3.85. The van der Waals surface area contributed by atoms with E-state index in [4.69, 9.17) is 0 Å². The highest BCUT2D eigenvalue weighted by atomic mass is 32.1. The van der Waals surface area contributed by atoms with Gasteiger partial charge in [-0.05, 0) is 18.9 Å². The van der Waals surface area contributed by atoms with Crippen molar-refractivity contribution < 1.29 is 9.59 Å². The first-order valence-corrected chi connectivity index (χ1v) is 9.27. The summed E-state index contributed by atoms with van der Waals surface area (Å²) in [5.74, 6) is 0.524. The molecule has 23 heavy (non-hydrogen) atoms. The predicted molar refractivity (Wildman–Crippen MR) is 90.9 cm³/mol. The molecule has 2 fully saturated rings. The molecule has 0 spiro atoms. The van der Waals surface area contributed by atoms with Gasteiger partial charge in [0, 0.05) is 49.7 Å². The summed E-state index contributed by atoms with van der Waals surface area (Å²) in [6.07, 6.45) is 10.8. The minimum atomic E-state index is 0.00460. The lowest BCUT2D eigenvalue weighted by Gasteiger charge is -2.36. The third-order valence-electron chi connectivity index (χ3n) is 4.68. The van der Waals surface area contributed by atoms with Crippen molar-refractivity contribution in [1.29, 1.82) is 0 Å². The Kier molecular flexibility index (Phi) is 5.43. The molecule has 0 aromatic carbocycles. The van der Waals surface area contributed by atoms with Crippen LogP contribution in [0.5, 0.6) is 0 Å². The molecule has 1 aromatic rings. The molecule has 2 aliphatic rings. The van der Waals surface area contributed by atoms with Gasteiger partial charge >= 0.3 is 0 Å². The number of aromatic nitrogens is 1. The van der Waals surface area contributed by atoms with Crippen LogP contribution in [-0.4, -0.2) is 52.8 Å². The van der Waals surface area contributed by atoms with Crippen LogP contribution in [-0.2, 0) is 9.59 Å². The van der Waals surface area contributed by atoms with Gasteiger partial charge in [0.25, 0.3) is 0 Å². The lowest BCUT2D eigenvalue weighted by Crippen LogP contribution is -2.51. The molecule has 0 unspecified atom stereocenters. The zero-order valence-corrected chi connectivity index (χ0v) is 14.1. The Morgan fingerprint density at radius 2 is 1.78 bits per heavy atom. The topological polar surface area (TPSA) is 53.5 Å². The normalized spacial score (nSPS) is 20.2. The van der Waals surface area contributed by atoms with Crippen molar-refractivity contribution in [3.8, 4) is 0 Å². The average molecular weight is 333 g/mol. The fraction of sp³-hybridized carbons (Fsp3) is 0.588. The number of carbonyl (C=O) groups is 2. The van der Waals surface area contributed by atoms with Gasteiger partial charge in [0.2, 0.25) is 11.8 Å². The number of rotatable bonds is 3. The lowest BCUT2D eigenvalue weighted by molar-refractivity contribution is -0.141. The summed E-state index contributed by atoms with van der Waals surface area (Å²) in [6, 6.07) is 0. The van der Waals surface area contributed by atoms with Gasteiger partial charge in [-0.15, -0.1) is 11.3 Å². The van der Waals surface area contributed by atoms with Gasteiger partial charge in [-0.2, -0.15) is 0 Å². The monoisotopic (exact) mass is 333 g/mol. The van der Waals surface area contributed by atoms with Crippen molar-refractivity contribution in [2.24, 2.45) is 5.92 Å². The molecule has 1 saturated carbocycles. The maximum absolute atomic E-state index is 12.5. The van der Waals surface area contributed by atoms with E-state index >= 15 is 0 Å². The number of thiazole rings is 1. The summed E-state index contributed by atoms with van der Waals surface area (Å²) < 4.78 is 0. The molecule has 3 rings (SSSR count). The summed E-state index contributed by atoms with van der Waals surface area (Å²) >= 11 is 1.51. The number of hydrogen-bond acceptors (Lipinski definition) is 4. The first-order valence-electron chi connectivity index (χ1n) is 8.39. The van der Waals surface area contributed by atoms with Crippen molar-refractivity contribution in [1.82, 2.24) is 14.8 Å². The Hall–Kier alpha value is -1.69. The zero-order chi connectivity index (χ0) is 16.1. The SMILES string of the molecule is O=C(/C=C/c1nccs1)N1CCN(C(=O)C2CCCCC2)CC1. The van der Waals surface area contributed by atoms with E-state index in [1.54, 1.807) is 18.3 Å². The molecular weight excluding hydrogens is 310 g/mol. The van der Waals surface area contributed by atoms with Crippen LogP contribution in [0.15, 0.2) is 17.7 Å². The number of nitrogens with zero attached hydrogens (tertiary/aromatic N) is 3. The lowest BCUT2D eigenvalue weighted by atomic mass is 9.88. The largest absolute Gasteiger partial charge is 0.339 e. The van der Waals surface area contributed by atoms with Crippen LogP contribution >= 0.6 is 11.3 Å². The van der Waals surface area contributed by atoms with Crippen LogP contribution in [0.1, 0.15) is 37.1 Å². The van der Waals surface area contributed by atoms with Gasteiger partial charge in [-0.25, -0.2) is 4.98 Å². The van der Waals surface area contributed by atoms with Crippen LogP contribution in [0.3, 0.4) is 0 Å². The van der Waals surface area contributed by atoms with E-state index in [0.717, 1.165) is 17.8 Å². The van der Waals surface area contributed by atoms with Gasteiger partial charge in [-0.3, -0.25) is 9.59 Å². The van der Waals surface area contributed by atoms with Gasteiger partial charge in [0.05, 0.1) is 0 Å². The van der Waals surface area contributed by atoms with E-state index in [1.807, 2.05) is 15.2 Å². The molecule has 1 saturated heterocycles. The molecule has 0 N–H and O–H groups in total. The van der Waals surface area contributed by atoms with Crippen LogP contribution in [0.25, 0.3) is 6.08 Å². The molecule has 5 nitrogen and oxygen atoms in total. The number of hydrogen-bond donors (Lipinski definition) is 0. The molecule has 0 radical (unpaired) electrons. The van der Waals surface area contributed by atoms with Crippen LogP contribution in [0.4, 0.5) is 0 Å². The van der Waals surface area contributed by atoms with E-state index in [1.165, 1.54) is 30.6 Å². The summed E-state index contributed by atoms with van der Waals surface area (Å²) in [5, 5.41) is 2.73. The zero-order valence-electron chi connectivity index (χ0n) is 13.3. The summed E-state index contributed by atoms with van der Waals surface area (Å²) in [5.41, 5.74) is 0. The molecule has 0 atom stereocenters. The third kappa shape index (κ3) is 4.19. The standard InChI is InChI=1S/C17H23N3O2S/c21-16(7-6-15-18-8-13-23-15)19-9-11-20(12-10-19)17(22)14-4-2-1-3-5-14/h6-8,13-14H,1-5,9-12H2/b7-6+. The van der Waals surface area contributed by atoms with Gasteiger partial charge in [-0.1, -0.05) is 19.3 Å². The smallest absolute Gasteiger partial charge is 0.246 e. The second-order valence-electron chi connectivity index (χ2n) is 6.19. The summed E-state index contributed by atoms with van der Waals surface area (Å²) in [4.78, 5) is 32.6. The first-order chi connectivity index (χ1) is 11.2. The highest BCUT2D eigenvalue weighted by molar-refractivity contribution is 7.10.